The van der Waals surface area contributed by atoms with Crippen molar-refractivity contribution in [2.24, 2.45) is 5.10 Å². The summed E-state index contributed by atoms with van der Waals surface area (Å²) >= 11 is 0. The molecule has 0 aliphatic rings. The van der Waals surface area contributed by atoms with Gasteiger partial charge in [-0.25, -0.2) is 5.43 Å². The van der Waals surface area contributed by atoms with Crippen molar-refractivity contribution in [2.75, 3.05) is 0 Å². The highest BCUT2D eigenvalue weighted by atomic mass is 16.5. The maximum atomic E-state index is 12.0. The van der Waals surface area contributed by atoms with Crippen LogP contribution in [0.1, 0.15) is 27.2 Å². The van der Waals surface area contributed by atoms with Gasteiger partial charge < -0.3 is 9.15 Å². The number of hydrogen-bond acceptors (Lipinski definition) is 4. The number of carbonyl (C=O) groups excluding carboxylic acids is 1. The van der Waals surface area contributed by atoms with Crippen LogP contribution in [0.3, 0.4) is 0 Å². The quantitative estimate of drug-likeness (QED) is 0.549. The number of hydrazone groups is 1. The Morgan fingerprint density at radius 2 is 1.88 bits per heavy atom. The van der Waals surface area contributed by atoms with Crippen LogP contribution in [0.5, 0.6) is 5.75 Å². The Labute approximate surface area is 145 Å². The standard InChI is InChI=1S/C20H18N2O3/c1-15-18(11-12-24-15)20(23)22-21-13-17-9-5-6-10-19(17)25-14-16-7-3-2-4-8-16/h2-13H,14H2,1H3,(H,22,23). The second-order valence-corrected chi connectivity index (χ2v) is 5.40. The van der Waals surface area contributed by atoms with Gasteiger partial charge in [-0.3, -0.25) is 4.79 Å². The van der Waals surface area contributed by atoms with Gasteiger partial charge in [-0.15, -0.1) is 0 Å². The van der Waals surface area contributed by atoms with Crippen molar-refractivity contribution in [2.45, 2.75) is 13.5 Å². The van der Waals surface area contributed by atoms with Crippen LogP contribution in [0.2, 0.25) is 0 Å². The minimum atomic E-state index is -0.315. The van der Waals surface area contributed by atoms with Crippen LogP contribution < -0.4 is 10.2 Å². The number of nitrogens with one attached hydrogen (secondary N) is 1. The molecule has 0 aliphatic heterocycles. The van der Waals surface area contributed by atoms with Gasteiger partial charge in [0, 0.05) is 5.56 Å². The van der Waals surface area contributed by atoms with E-state index in [1.54, 1.807) is 19.2 Å². The fourth-order valence-electron chi connectivity index (χ4n) is 2.30. The van der Waals surface area contributed by atoms with Crippen LogP contribution in [0.15, 0.2) is 76.4 Å². The van der Waals surface area contributed by atoms with Crippen LogP contribution in [0.4, 0.5) is 0 Å². The molecule has 0 fully saturated rings. The molecule has 2 aromatic carbocycles. The first-order valence-electron chi connectivity index (χ1n) is 7.87. The molecule has 3 rings (SSSR count). The predicted molar refractivity (Wildman–Crippen MR) is 95.7 cm³/mol. The third kappa shape index (κ3) is 4.35. The van der Waals surface area contributed by atoms with Crippen molar-refractivity contribution < 1.29 is 13.9 Å². The van der Waals surface area contributed by atoms with Crippen molar-refractivity contribution in [3.05, 3.63) is 89.4 Å². The highest BCUT2D eigenvalue weighted by molar-refractivity contribution is 5.95. The Morgan fingerprint density at radius 3 is 2.64 bits per heavy atom. The molecular weight excluding hydrogens is 316 g/mol. The largest absolute Gasteiger partial charge is 0.488 e. The number of carbonyl (C=O) groups is 1. The zero-order valence-electron chi connectivity index (χ0n) is 13.8. The number of furan rings is 1. The van der Waals surface area contributed by atoms with Gasteiger partial charge in [0.15, 0.2) is 0 Å². The predicted octanol–water partition coefficient (Wildman–Crippen LogP) is 3.93. The van der Waals surface area contributed by atoms with Crippen molar-refractivity contribution >= 4 is 12.1 Å². The summed E-state index contributed by atoms with van der Waals surface area (Å²) in [5, 5.41) is 4.01. The van der Waals surface area contributed by atoms with E-state index in [4.69, 9.17) is 9.15 Å². The molecule has 5 nitrogen and oxygen atoms in total. The van der Waals surface area contributed by atoms with E-state index < -0.39 is 0 Å². The highest BCUT2D eigenvalue weighted by Gasteiger charge is 2.10. The summed E-state index contributed by atoms with van der Waals surface area (Å²) in [5.41, 5.74) is 4.82. The minimum Gasteiger partial charge on any atom is -0.488 e. The summed E-state index contributed by atoms with van der Waals surface area (Å²) in [4.78, 5) is 12.0. The Bertz CT molecular complexity index is 869. The molecule has 0 saturated heterocycles. The van der Waals surface area contributed by atoms with Crippen LogP contribution >= 0.6 is 0 Å². The smallest absolute Gasteiger partial charge is 0.274 e. The Balaban J connectivity index is 1.64. The molecule has 0 unspecified atom stereocenters. The fourth-order valence-corrected chi connectivity index (χ4v) is 2.30. The normalized spacial score (nSPS) is 10.8. The van der Waals surface area contributed by atoms with Gasteiger partial charge in [-0.1, -0.05) is 42.5 Å². The first kappa shape index (κ1) is 16.5. The Hall–Kier alpha value is -3.34. The average molecular weight is 334 g/mol. The van der Waals surface area contributed by atoms with Gasteiger partial charge >= 0.3 is 0 Å². The van der Waals surface area contributed by atoms with Gasteiger partial charge in [0.05, 0.1) is 18.0 Å². The van der Waals surface area contributed by atoms with Gasteiger partial charge in [-0.2, -0.15) is 5.10 Å². The summed E-state index contributed by atoms with van der Waals surface area (Å²) in [6, 6.07) is 19.0. The van der Waals surface area contributed by atoms with Crippen molar-refractivity contribution in [1.82, 2.24) is 5.43 Å². The van der Waals surface area contributed by atoms with Gasteiger partial charge in [-0.05, 0) is 30.7 Å². The van der Waals surface area contributed by atoms with E-state index >= 15 is 0 Å². The lowest BCUT2D eigenvalue weighted by Gasteiger charge is -2.08. The maximum absolute atomic E-state index is 12.0. The molecule has 126 valence electrons. The number of ether oxygens (including phenoxy) is 1. The van der Waals surface area contributed by atoms with Crippen molar-refractivity contribution in [1.29, 1.82) is 0 Å². The molecule has 0 atom stereocenters. The molecule has 0 aliphatic carbocycles. The monoisotopic (exact) mass is 334 g/mol. The van der Waals surface area contributed by atoms with Crippen LogP contribution in [-0.2, 0) is 6.61 Å². The van der Waals surface area contributed by atoms with E-state index in [1.165, 1.54) is 6.26 Å². The molecule has 1 aromatic heterocycles. The number of nitrogens with zero attached hydrogens (tertiary/aromatic N) is 1. The molecule has 0 radical (unpaired) electrons. The summed E-state index contributed by atoms with van der Waals surface area (Å²) in [5.74, 6) is 0.938. The lowest BCUT2D eigenvalue weighted by Crippen LogP contribution is -2.17. The Morgan fingerprint density at radius 1 is 1.12 bits per heavy atom. The van der Waals surface area contributed by atoms with Gasteiger partial charge in [0.2, 0.25) is 0 Å². The highest BCUT2D eigenvalue weighted by Crippen LogP contribution is 2.17. The summed E-state index contributed by atoms with van der Waals surface area (Å²) in [6.45, 7) is 2.19. The number of rotatable bonds is 6. The summed E-state index contributed by atoms with van der Waals surface area (Å²) < 4.78 is 11.0. The maximum Gasteiger partial charge on any atom is 0.274 e. The van der Waals surface area contributed by atoms with E-state index in [2.05, 4.69) is 10.5 Å². The minimum absolute atomic E-state index is 0.315. The first-order chi connectivity index (χ1) is 12.2. The molecule has 0 bridgehead atoms. The lowest BCUT2D eigenvalue weighted by molar-refractivity contribution is 0.0953. The molecule has 1 N–H and O–H groups in total. The molecule has 3 aromatic rings. The number of benzene rings is 2. The van der Waals surface area contributed by atoms with Gasteiger partial charge in [0.1, 0.15) is 18.1 Å². The van der Waals surface area contributed by atoms with Crippen LogP contribution in [0, 0.1) is 6.92 Å². The molecule has 1 amide bonds. The molecule has 5 heteroatoms. The molecule has 25 heavy (non-hydrogen) atoms. The third-order valence-electron chi connectivity index (χ3n) is 3.63. The summed E-state index contributed by atoms with van der Waals surface area (Å²) in [6.07, 6.45) is 3.04. The third-order valence-corrected chi connectivity index (χ3v) is 3.63. The number of amides is 1. The average Bonchev–Trinajstić information content (AvgIpc) is 3.08. The first-order valence-corrected chi connectivity index (χ1v) is 7.87. The zero-order valence-corrected chi connectivity index (χ0v) is 13.8. The summed E-state index contributed by atoms with van der Waals surface area (Å²) in [7, 11) is 0. The number of hydrogen-bond donors (Lipinski definition) is 1. The van der Waals surface area contributed by atoms with Crippen molar-refractivity contribution in [3.8, 4) is 5.75 Å². The van der Waals surface area contributed by atoms with E-state index in [0.29, 0.717) is 23.7 Å². The fraction of sp³-hybridized carbons (Fsp3) is 0.100. The number of para-hydroxylation sites is 1. The zero-order chi connectivity index (χ0) is 17.5. The SMILES string of the molecule is Cc1occc1C(=O)NN=Cc1ccccc1OCc1ccccc1. The van der Waals surface area contributed by atoms with E-state index in [9.17, 15) is 4.79 Å². The molecule has 0 spiro atoms. The lowest BCUT2D eigenvalue weighted by atomic mass is 10.2. The number of aryl methyl sites for hydroxylation is 1. The van der Waals surface area contributed by atoms with Crippen LogP contribution in [0.25, 0.3) is 0 Å². The topological polar surface area (TPSA) is 63.8 Å². The van der Waals surface area contributed by atoms with E-state index in [-0.39, 0.29) is 5.91 Å². The van der Waals surface area contributed by atoms with E-state index in [1.807, 2.05) is 54.6 Å². The van der Waals surface area contributed by atoms with Gasteiger partial charge in [0.25, 0.3) is 5.91 Å². The second kappa shape index (κ2) is 7.97. The van der Waals surface area contributed by atoms with Crippen LogP contribution in [-0.4, -0.2) is 12.1 Å². The second-order valence-electron chi connectivity index (χ2n) is 5.40. The molecule has 0 saturated carbocycles. The molecule has 1 heterocycles. The van der Waals surface area contributed by atoms with E-state index in [0.717, 1.165) is 11.1 Å². The molecular formula is C20H18N2O3. The van der Waals surface area contributed by atoms with Crippen molar-refractivity contribution in [3.63, 3.8) is 0 Å². The Kier molecular flexibility index (Phi) is 5.26.